The number of thiophene rings is 1. The highest BCUT2D eigenvalue weighted by atomic mass is 32.1. The maximum absolute atomic E-state index is 16.9. The molecule has 1 saturated heterocycles. The first-order valence-corrected chi connectivity index (χ1v) is 24.3. The number of fused-ring (bicyclic) bond motifs is 7. The van der Waals surface area contributed by atoms with Gasteiger partial charge in [-0.2, -0.15) is 0 Å². The average Bonchev–Trinajstić information content (AvgIpc) is 3.71. The summed E-state index contributed by atoms with van der Waals surface area (Å²) in [7, 11) is 0. The Hall–Kier alpha value is -5.56. The molecule has 3 fully saturated rings. The smallest absolute Gasteiger partial charge is 0.411 e. The minimum Gasteiger partial charge on any atom is -0.464 e. The predicted octanol–water partition coefficient (Wildman–Crippen LogP) is 11.6. The number of hydrogen-bond acceptors (Lipinski definition) is 8. The van der Waals surface area contributed by atoms with Gasteiger partial charge in [-0.25, -0.2) is 19.0 Å². The Labute approximate surface area is 384 Å². The maximum atomic E-state index is 16.9. The molecular weight excluding hydrogens is 840 g/mol. The van der Waals surface area contributed by atoms with Crippen LogP contribution in [-0.2, 0) is 22.4 Å². The van der Waals surface area contributed by atoms with Crippen molar-refractivity contribution in [2.45, 2.75) is 142 Å². The van der Waals surface area contributed by atoms with E-state index < -0.39 is 23.2 Å². The van der Waals surface area contributed by atoms with Crippen LogP contribution >= 0.6 is 11.3 Å². The molecule has 4 unspecified atom stereocenters. The van der Waals surface area contributed by atoms with E-state index in [1.165, 1.54) is 4.88 Å². The molecule has 8 atom stereocenters. The molecule has 13 heteroatoms. The van der Waals surface area contributed by atoms with Crippen LogP contribution in [0.1, 0.15) is 115 Å². The molecule has 2 N–H and O–H groups in total. The summed E-state index contributed by atoms with van der Waals surface area (Å²) in [5, 5.41) is 4.89. The average molecular weight is 899 g/mol. The molecule has 11 nitrogen and oxygen atoms in total. The van der Waals surface area contributed by atoms with Gasteiger partial charge in [-0.1, -0.05) is 38.1 Å². The number of hydrogen-bond donors (Lipinski definition) is 2. The van der Waals surface area contributed by atoms with E-state index in [4.69, 9.17) is 14.2 Å². The van der Waals surface area contributed by atoms with Gasteiger partial charge in [-0.05, 0) is 140 Å². The zero-order chi connectivity index (χ0) is 45.3. The monoisotopic (exact) mass is 898 g/mol. The number of halogens is 1. The molecule has 0 radical (unpaired) electrons. The Bertz CT molecular complexity index is 2800. The van der Waals surface area contributed by atoms with Crippen LogP contribution in [0, 0.1) is 23.6 Å². The highest BCUT2D eigenvalue weighted by Crippen LogP contribution is 2.75. The fraction of sp³-hybridized carbons (Fsp3) is 0.481. The first-order valence-electron chi connectivity index (χ1n) is 23.5. The van der Waals surface area contributed by atoms with Gasteiger partial charge in [-0.3, -0.25) is 14.4 Å². The Balaban J connectivity index is 0.911. The van der Waals surface area contributed by atoms with Gasteiger partial charge in [0, 0.05) is 33.5 Å². The number of rotatable bonds is 8. The first-order chi connectivity index (χ1) is 31.0. The van der Waals surface area contributed by atoms with Gasteiger partial charge in [0.25, 0.3) is 0 Å². The number of allylic oxidation sites excluding steroid dienone is 1. The predicted molar refractivity (Wildman–Crippen MR) is 251 cm³/mol. The highest BCUT2D eigenvalue weighted by molar-refractivity contribution is 7.12. The Morgan fingerprint density at radius 3 is 2.52 bits per heavy atom. The third-order valence-electron chi connectivity index (χ3n) is 14.5. The zero-order valence-corrected chi connectivity index (χ0v) is 39.4. The number of imidazole rings is 1. The molecule has 5 aromatic rings. The number of nitrogens with one attached hydrogen (secondary N) is 2. The van der Waals surface area contributed by atoms with Crippen LogP contribution in [0.3, 0.4) is 0 Å². The molecular formula is C52H59FN6O5S. The van der Waals surface area contributed by atoms with Gasteiger partial charge < -0.3 is 24.5 Å². The summed E-state index contributed by atoms with van der Waals surface area (Å²) in [6, 6.07) is 16.4. The van der Waals surface area contributed by atoms with Crippen LogP contribution in [-0.4, -0.2) is 71.4 Å². The number of nitrogens with zero attached hydrogens (tertiary/aromatic N) is 4. The molecule has 2 aromatic carbocycles. The third-order valence-corrected chi connectivity index (χ3v) is 15.8. The van der Waals surface area contributed by atoms with Gasteiger partial charge in [0.15, 0.2) is 0 Å². The number of benzene rings is 2. The number of carbonyl (C=O) groups excluding carboxylic acids is 2. The van der Waals surface area contributed by atoms with E-state index in [2.05, 4.69) is 88.3 Å². The SMILES string of the molecule is CCc1ccc(C2Oc3cc(-c4cnc(CN(C(=O)OC(C)(C)C)C56C[C@@H]5[C@H]6C)[nH]4)cc(F)c3-c3cc4cc(C5=CCCCC([C@@H]6CC7C=C[C@H]7N6C(=O)OC(C)(C)C)N5)ccc4n32)s1. The van der Waals surface area contributed by atoms with Gasteiger partial charge in [0.1, 0.15) is 28.6 Å². The van der Waals surface area contributed by atoms with Gasteiger partial charge in [-0.15, -0.1) is 11.3 Å². The van der Waals surface area contributed by atoms with E-state index in [1.807, 2.05) is 57.4 Å². The molecule has 6 heterocycles. The number of likely N-dealkylation sites (tertiary alicyclic amines) is 1. The van der Waals surface area contributed by atoms with Crippen LogP contribution in [0.4, 0.5) is 14.0 Å². The van der Waals surface area contributed by atoms with Crippen LogP contribution < -0.4 is 10.1 Å². The summed E-state index contributed by atoms with van der Waals surface area (Å²) in [4.78, 5) is 41.3. The number of amides is 2. The normalized spacial score (nSPS) is 27.2. The Morgan fingerprint density at radius 2 is 1.83 bits per heavy atom. The third kappa shape index (κ3) is 7.23. The van der Waals surface area contributed by atoms with Gasteiger partial charge in [0.2, 0.25) is 6.23 Å². The molecule has 3 aliphatic carbocycles. The summed E-state index contributed by atoms with van der Waals surface area (Å²) >= 11 is 1.71. The highest BCUT2D eigenvalue weighted by Gasteiger charge is 2.80. The van der Waals surface area contributed by atoms with E-state index in [-0.39, 0.29) is 42.4 Å². The molecule has 0 bridgehead atoms. The minimum absolute atomic E-state index is 0.0000358. The molecule has 6 aliphatic rings. The van der Waals surface area contributed by atoms with Crippen molar-refractivity contribution in [1.82, 2.24) is 29.7 Å². The van der Waals surface area contributed by atoms with Crippen molar-refractivity contribution in [2.75, 3.05) is 0 Å². The lowest BCUT2D eigenvalue weighted by Gasteiger charge is -2.37. The molecule has 65 heavy (non-hydrogen) atoms. The number of carbonyl (C=O) groups is 2. The quantitative estimate of drug-likeness (QED) is 0.149. The largest absolute Gasteiger partial charge is 0.464 e. The van der Waals surface area contributed by atoms with Crippen molar-refractivity contribution >= 4 is 40.1 Å². The lowest BCUT2D eigenvalue weighted by Crippen LogP contribution is -2.52. The van der Waals surface area contributed by atoms with Crippen molar-refractivity contribution in [3.8, 4) is 28.3 Å². The zero-order valence-electron chi connectivity index (χ0n) is 38.5. The van der Waals surface area contributed by atoms with Crippen LogP contribution in [0.5, 0.6) is 5.75 Å². The van der Waals surface area contributed by atoms with E-state index >= 15 is 4.39 Å². The summed E-state index contributed by atoms with van der Waals surface area (Å²) in [5.74, 6) is 1.94. The van der Waals surface area contributed by atoms with Crippen molar-refractivity contribution in [2.24, 2.45) is 17.8 Å². The number of aromatic nitrogens is 3. The second-order valence-corrected chi connectivity index (χ2v) is 22.3. The van der Waals surface area contributed by atoms with Crippen molar-refractivity contribution in [3.63, 3.8) is 0 Å². The fourth-order valence-electron chi connectivity index (χ4n) is 11.0. The number of aryl methyl sites for hydroxylation is 1. The molecule has 2 amide bonds. The van der Waals surface area contributed by atoms with Crippen LogP contribution in [0.15, 0.2) is 73.0 Å². The first kappa shape index (κ1) is 42.1. The van der Waals surface area contributed by atoms with Gasteiger partial charge >= 0.3 is 12.2 Å². The second kappa shape index (κ2) is 15.0. The Morgan fingerprint density at radius 1 is 1.03 bits per heavy atom. The second-order valence-electron chi connectivity index (χ2n) is 21.1. The van der Waals surface area contributed by atoms with E-state index in [1.54, 1.807) is 23.6 Å². The molecule has 340 valence electrons. The fourth-order valence-corrected chi connectivity index (χ4v) is 12.0. The number of H-pyrrole nitrogens is 1. The van der Waals surface area contributed by atoms with Crippen LogP contribution in [0.2, 0.25) is 0 Å². The van der Waals surface area contributed by atoms with Gasteiger partial charge in [0.05, 0.1) is 57.7 Å². The topological polar surface area (TPSA) is 114 Å². The van der Waals surface area contributed by atoms with Crippen molar-refractivity contribution in [3.05, 3.63) is 99.9 Å². The summed E-state index contributed by atoms with van der Waals surface area (Å²) in [6.07, 6.45) is 12.9. The van der Waals surface area contributed by atoms with E-state index in [9.17, 15) is 9.59 Å². The molecule has 3 aromatic heterocycles. The summed E-state index contributed by atoms with van der Waals surface area (Å²) < 4.78 is 37.7. The van der Waals surface area contributed by atoms with Crippen molar-refractivity contribution < 1.29 is 28.2 Å². The molecule has 3 aliphatic heterocycles. The maximum Gasteiger partial charge on any atom is 0.411 e. The molecule has 11 rings (SSSR count). The molecule has 2 saturated carbocycles. The van der Waals surface area contributed by atoms with E-state index in [0.29, 0.717) is 46.1 Å². The summed E-state index contributed by atoms with van der Waals surface area (Å²) in [6.45, 7) is 16.0. The summed E-state index contributed by atoms with van der Waals surface area (Å²) in [5.41, 5.74) is 4.07. The Kier molecular flexibility index (Phi) is 9.70. The standard InChI is InChI=1S/C52H59FN6O5S/c1-9-33-16-19-44(65-33)47-58-40-17-14-29(36-12-10-11-13-37(55-36)41-22-30-15-18-39(30)59(41)49(61)64-51(6,7)8)20-32(40)23-42(58)46-35(53)21-31(24-43(46)62-47)38-26-54-45(56-38)27-57(48(60)63-50(3,4)5)52-25-34(52)28(52)2/h12,14-21,23-24,26,28,30,34,37,39,41,47,55H,9-11,13,22,25,27H2,1-8H3,(H,54,56)/t28-,30?,34-,37?,39-,41+,47?,52?/m1/s1. The number of aromatic amines is 1. The van der Waals surface area contributed by atoms with Crippen molar-refractivity contribution in [1.29, 1.82) is 0 Å². The lowest BCUT2D eigenvalue weighted by atomic mass is 9.88. The van der Waals surface area contributed by atoms with Crippen LogP contribution in [0.25, 0.3) is 39.1 Å². The minimum atomic E-state index is -0.620. The molecule has 0 spiro atoms. The number of ether oxygens (including phenoxy) is 3. The van der Waals surface area contributed by atoms with E-state index in [0.717, 1.165) is 71.3 Å². The lowest BCUT2D eigenvalue weighted by molar-refractivity contribution is 0.0127.